The maximum absolute atomic E-state index is 15.1. The SMILES string of the molecule is CCC[C@@H]1NC(=O)[C@H](CC2CNC3NCCCC23)NC(=O)C[C@H]([C@@H](C)O)NC(=O)[C@H](CC2CNCN2)NC(=O)[C@H](CC2CCC(O)CC2)NC(=O)[C@H](C(C)(C)C)NC(=O)CCSCc2cccc(c2)CSC[C@@H](C(N)=O)NC(=O)[C@H]([C@@H](C)O)NC(=O)[C@H](CCC)NC(=O)[C@H](CC2CCC(O)CC2)NC(=O)[C@H](CCC(=O)O)NC1=O. The fourth-order valence-electron chi connectivity index (χ4n) is 15.8. The van der Waals surface area contributed by atoms with Gasteiger partial charge in [-0.1, -0.05) is 71.7 Å². The van der Waals surface area contributed by atoms with Crippen LogP contribution < -0.4 is 85.5 Å². The zero-order valence-electron chi connectivity index (χ0n) is 67.1. The number of carboxylic acid groups (broad SMARTS) is 1. The molecule has 0 radical (unpaired) electrons. The molecule has 7 rings (SSSR count). The van der Waals surface area contributed by atoms with E-state index in [0.29, 0.717) is 94.8 Å². The van der Waals surface area contributed by atoms with Crippen LogP contribution in [-0.2, 0) is 73.8 Å². The van der Waals surface area contributed by atoms with Crippen molar-refractivity contribution in [3.63, 3.8) is 0 Å². The lowest BCUT2D eigenvalue weighted by atomic mass is 9.82. The summed E-state index contributed by atoms with van der Waals surface area (Å²) in [5.41, 5.74) is 6.70. The van der Waals surface area contributed by atoms with Crippen LogP contribution in [0.25, 0.3) is 0 Å². The number of primary amides is 1. The van der Waals surface area contributed by atoms with Crippen molar-refractivity contribution in [2.24, 2.45) is 34.8 Å². The number of nitrogens with one attached hydrogen (secondary N) is 15. The number of thioether (sulfide) groups is 2. The predicted molar refractivity (Wildman–Crippen MR) is 428 cm³/mol. The van der Waals surface area contributed by atoms with Crippen molar-refractivity contribution in [2.45, 2.75) is 304 Å². The van der Waals surface area contributed by atoms with Crippen LogP contribution in [0.5, 0.6) is 0 Å². The molecule has 640 valence electrons. The number of aliphatic carboxylic acids is 1. The maximum Gasteiger partial charge on any atom is 0.303 e. The van der Waals surface area contributed by atoms with Crippen LogP contribution in [0, 0.1) is 29.1 Å². The van der Waals surface area contributed by atoms with E-state index in [-0.39, 0.29) is 93.0 Å². The fourth-order valence-corrected chi connectivity index (χ4v) is 17.7. The number of piperidine rings is 1. The van der Waals surface area contributed by atoms with Gasteiger partial charge in [0.1, 0.15) is 60.4 Å². The van der Waals surface area contributed by atoms with Gasteiger partial charge in [0, 0.05) is 61.5 Å². The van der Waals surface area contributed by atoms with Crippen molar-refractivity contribution < 1.29 is 87.9 Å². The molecule has 4 unspecified atom stereocenters. The van der Waals surface area contributed by atoms with Gasteiger partial charge in [0.05, 0.1) is 36.6 Å². The van der Waals surface area contributed by atoms with E-state index < -0.39 is 192 Å². The van der Waals surface area contributed by atoms with Crippen LogP contribution in [0.3, 0.4) is 0 Å². The summed E-state index contributed by atoms with van der Waals surface area (Å²) < 4.78 is 0. The number of hydrogen-bond donors (Lipinski definition) is 21. The van der Waals surface area contributed by atoms with Crippen LogP contribution in [0.1, 0.15) is 201 Å². The summed E-state index contributed by atoms with van der Waals surface area (Å²) in [6, 6.07) is -8.07. The minimum atomic E-state index is -1.68. The number of rotatable bonds is 18. The molecule has 114 heavy (non-hydrogen) atoms. The lowest BCUT2D eigenvalue weighted by Gasteiger charge is -2.34. The quantitative estimate of drug-likeness (QED) is 0.0818. The third kappa shape index (κ3) is 30.6. The highest BCUT2D eigenvalue weighted by molar-refractivity contribution is 7.98. The van der Waals surface area contributed by atoms with Crippen LogP contribution >= 0.6 is 23.5 Å². The molecule has 3 saturated heterocycles. The molecule has 2 aliphatic carbocycles. The minimum Gasteiger partial charge on any atom is -0.481 e. The minimum absolute atomic E-state index is 0.00806. The second-order valence-electron chi connectivity index (χ2n) is 33.0. The molecule has 0 aromatic heterocycles. The molecular formula is C78H128N16O18S2. The van der Waals surface area contributed by atoms with E-state index in [4.69, 9.17) is 5.73 Å². The number of benzene rings is 1. The summed E-state index contributed by atoms with van der Waals surface area (Å²) in [4.78, 5) is 186. The Kier molecular flexibility index (Phi) is 38.4. The largest absolute Gasteiger partial charge is 0.481 e. The summed E-state index contributed by atoms with van der Waals surface area (Å²) in [6.07, 6.45) is -0.0251. The normalized spacial score (nSPS) is 32.4. The van der Waals surface area contributed by atoms with Gasteiger partial charge in [-0.05, 0) is 176 Å². The second-order valence-corrected chi connectivity index (χ2v) is 35.1. The zero-order valence-corrected chi connectivity index (χ0v) is 68.7. The van der Waals surface area contributed by atoms with E-state index in [1.54, 1.807) is 34.6 Å². The Bertz CT molecular complexity index is 3390. The maximum atomic E-state index is 15.1. The Labute approximate surface area is 677 Å². The number of hydrogen-bond acceptors (Lipinski definition) is 23. The fraction of sp³-hybridized carbons (Fsp3) is 0.756. The molecule has 36 heteroatoms. The Morgan fingerprint density at radius 1 is 0.544 bits per heavy atom. The van der Waals surface area contributed by atoms with E-state index in [2.05, 4.69) is 79.8 Å². The lowest BCUT2D eigenvalue weighted by Crippen LogP contribution is -2.61. The standard InChI is InChI=1S/C78H128N16O18S2/c1-8-12-53-69(104)87-55(25-26-64(101)102)70(105)89-57(31-44-17-21-50(97)22-18-44)72(107)86-54(13-9-2)71(106)94-65(43(4)96)76(111)92-61(67(79)103)40-114-39-47-15-10-14-46(30-47)38-113-29-27-62(99)93-66(78(5,6)7)77(112)91-58(32-45-19-23-51(98)24-20-45)73(108)90-60(34-49-37-80-41-83-49)75(110)88-56(42(3)95)35-63(100)84-59(74(109)85-53)33-48-36-82-68-52(48)16-11-28-81-68/h10,14-15,30,42-45,48-61,65-66,68,80-83,95-98H,8-9,11-13,16-29,31-41H2,1-7H3,(H2,79,103)(H,84,100)(H,85,109)(H,86,107)(H,87,104)(H,88,110)(H,89,105)(H,90,108)(H,91,112)(H,92,111)(H,93,99)(H,94,106)(H,101,102)/t42-,43-,44?,45?,48?,49?,50?,51?,52?,53+,54+,55+,56-,57+,58+,59+,60+,61+,65+,66-,68?/m1/s1. The number of carbonyl (C=O) groups is 13. The average molecular weight is 1640 g/mol. The zero-order chi connectivity index (χ0) is 83.3. The van der Waals surface area contributed by atoms with Crippen LogP contribution in [-0.4, -0.2) is 243 Å². The molecule has 12 amide bonds. The van der Waals surface area contributed by atoms with Crippen molar-refractivity contribution in [1.29, 1.82) is 0 Å². The van der Waals surface area contributed by atoms with Gasteiger partial charge < -0.3 is 111 Å². The highest BCUT2D eigenvalue weighted by Crippen LogP contribution is 2.34. The summed E-state index contributed by atoms with van der Waals surface area (Å²) in [5, 5.41) is 97.0. The molecule has 2 bridgehead atoms. The summed E-state index contributed by atoms with van der Waals surface area (Å²) in [7, 11) is 0. The van der Waals surface area contributed by atoms with Crippen LogP contribution in [0.15, 0.2) is 24.3 Å². The summed E-state index contributed by atoms with van der Waals surface area (Å²) >= 11 is 2.74. The van der Waals surface area contributed by atoms with Crippen molar-refractivity contribution in [1.82, 2.24) is 79.8 Å². The number of amides is 12. The van der Waals surface area contributed by atoms with Gasteiger partial charge in [0.25, 0.3) is 0 Å². The molecule has 4 heterocycles. The Hall–Kier alpha value is -7.29. The van der Waals surface area contributed by atoms with Gasteiger partial charge in [0.2, 0.25) is 70.9 Å². The van der Waals surface area contributed by atoms with E-state index in [9.17, 15) is 78.3 Å². The average Bonchev–Trinajstić information content (AvgIpc) is 1.66. The second kappa shape index (κ2) is 46.6. The number of carbonyl (C=O) groups excluding carboxylic acids is 12. The topological polar surface area (TPSA) is 530 Å². The number of nitrogens with two attached hydrogens (primary N) is 1. The third-order valence-corrected chi connectivity index (χ3v) is 24.6. The van der Waals surface area contributed by atoms with Crippen LogP contribution in [0.4, 0.5) is 0 Å². The molecule has 0 spiro atoms. The van der Waals surface area contributed by atoms with Crippen molar-refractivity contribution >= 4 is 100 Å². The smallest absolute Gasteiger partial charge is 0.303 e. The molecule has 1 aromatic carbocycles. The van der Waals surface area contributed by atoms with Gasteiger partial charge in [-0.25, -0.2) is 0 Å². The van der Waals surface area contributed by atoms with Gasteiger partial charge in [-0.2, -0.15) is 23.5 Å². The molecule has 4 aliphatic heterocycles. The lowest BCUT2D eigenvalue weighted by molar-refractivity contribution is -0.139. The van der Waals surface area contributed by atoms with Crippen molar-refractivity contribution in [3.05, 3.63) is 35.4 Å². The Balaban J connectivity index is 1.21. The van der Waals surface area contributed by atoms with E-state index in [1.165, 1.54) is 37.4 Å². The third-order valence-electron chi connectivity index (χ3n) is 22.5. The number of fused-ring (bicyclic) bond motifs is 3. The summed E-state index contributed by atoms with van der Waals surface area (Å²) in [5.74, 6) is -10.5. The predicted octanol–water partition coefficient (Wildman–Crippen LogP) is -1.24. The van der Waals surface area contributed by atoms with Gasteiger partial charge in [-0.3, -0.25) is 62.3 Å². The molecule has 1 aromatic rings. The van der Waals surface area contributed by atoms with Crippen molar-refractivity contribution in [2.75, 3.05) is 37.8 Å². The Morgan fingerprint density at radius 3 is 1.57 bits per heavy atom. The number of aliphatic hydroxyl groups excluding tert-OH is 4. The Morgan fingerprint density at radius 2 is 1.05 bits per heavy atom. The van der Waals surface area contributed by atoms with E-state index in [0.717, 1.165) is 30.5 Å². The molecule has 22 N–H and O–H groups in total. The summed E-state index contributed by atoms with van der Waals surface area (Å²) in [6.45, 7) is 13.4. The van der Waals surface area contributed by atoms with Crippen LogP contribution in [0.2, 0.25) is 0 Å². The van der Waals surface area contributed by atoms with Gasteiger partial charge >= 0.3 is 5.97 Å². The highest BCUT2D eigenvalue weighted by Gasteiger charge is 2.44. The van der Waals surface area contributed by atoms with Gasteiger partial charge in [-0.15, -0.1) is 0 Å². The highest BCUT2D eigenvalue weighted by atomic mass is 32.2. The van der Waals surface area contributed by atoms with E-state index in [1.807, 2.05) is 24.3 Å². The van der Waals surface area contributed by atoms with Crippen molar-refractivity contribution in [3.8, 4) is 0 Å². The molecular weight excluding hydrogens is 1510 g/mol. The molecule has 2 saturated carbocycles. The molecule has 17 atom stereocenters. The molecule has 34 nitrogen and oxygen atoms in total. The first kappa shape index (κ1) is 93.9. The van der Waals surface area contributed by atoms with Gasteiger partial charge in [0.15, 0.2) is 0 Å². The first-order valence-corrected chi connectivity index (χ1v) is 43.2. The molecule has 6 aliphatic rings. The molecule has 5 fully saturated rings. The number of aliphatic hydroxyl groups is 4. The first-order valence-electron chi connectivity index (χ1n) is 40.9. The first-order chi connectivity index (χ1) is 54.2. The monoisotopic (exact) mass is 1640 g/mol. The number of carboxylic acids is 1. The van der Waals surface area contributed by atoms with E-state index >= 15 is 9.59 Å².